The molecule has 3 aliphatic heterocycles. The Bertz CT molecular complexity index is 1650. The fraction of sp³-hybridized carbons (Fsp3) is 0.281. The molecule has 1 fully saturated rings. The lowest BCUT2D eigenvalue weighted by Crippen LogP contribution is -2.45. The number of phenolic OH excluding ortho intramolecular Hbond substituents is 1. The molecule has 4 heterocycles. The summed E-state index contributed by atoms with van der Waals surface area (Å²) in [5.74, 6) is 2.36. The van der Waals surface area contributed by atoms with Gasteiger partial charge in [0.25, 0.3) is 0 Å². The van der Waals surface area contributed by atoms with Crippen LogP contribution in [0, 0.1) is 0 Å². The summed E-state index contributed by atoms with van der Waals surface area (Å²) in [6.45, 7) is 8.07. The predicted molar refractivity (Wildman–Crippen MR) is 152 cm³/mol. The molecule has 204 valence electrons. The van der Waals surface area contributed by atoms with Gasteiger partial charge < -0.3 is 23.9 Å². The number of allylic oxidation sites excluding steroid dienone is 1. The van der Waals surface area contributed by atoms with E-state index in [1.54, 1.807) is 12.1 Å². The second kappa shape index (κ2) is 10.0. The van der Waals surface area contributed by atoms with Crippen molar-refractivity contribution in [2.24, 2.45) is 0 Å². The van der Waals surface area contributed by atoms with Crippen molar-refractivity contribution in [2.75, 3.05) is 33.0 Å². The quantitative estimate of drug-likeness (QED) is 0.346. The fourth-order valence-electron chi connectivity index (χ4n) is 5.87. The van der Waals surface area contributed by atoms with Crippen LogP contribution in [0.3, 0.4) is 0 Å². The molecule has 3 aromatic carbocycles. The first kappa shape index (κ1) is 24.7. The van der Waals surface area contributed by atoms with Crippen LogP contribution in [0.5, 0.6) is 23.0 Å². The van der Waals surface area contributed by atoms with Crippen LogP contribution in [0.1, 0.15) is 34.0 Å². The molecule has 1 saturated heterocycles. The van der Waals surface area contributed by atoms with E-state index >= 15 is 0 Å². The molecule has 0 bridgehead atoms. The number of aryl methyl sites for hydroxylation is 1. The lowest BCUT2D eigenvalue weighted by Gasteiger charge is -2.35. The van der Waals surface area contributed by atoms with Gasteiger partial charge in [-0.1, -0.05) is 24.3 Å². The van der Waals surface area contributed by atoms with Gasteiger partial charge in [-0.05, 0) is 48.9 Å². The van der Waals surface area contributed by atoms with Crippen LogP contribution in [0.2, 0.25) is 0 Å². The standard InChI is InChI=1S/C32H31N3O5/c1-2-35-18-22(23-5-3-4-6-26(23)35)16-30-31(37)24-8-9-27(36)25(32(24)40-30)19-34-13-11-33(12-14-34)17-21-7-10-28-29(15-21)39-20-38-28/h3-10,15-16,18,36H,2,11-14,17,19-20H2,1H3/b30-16+. The van der Waals surface area contributed by atoms with Gasteiger partial charge in [-0.2, -0.15) is 0 Å². The number of aromatic nitrogens is 1. The molecule has 40 heavy (non-hydrogen) atoms. The summed E-state index contributed by atoms with van der Waals surface area (Å²) < 4.78 is 19.3. The first-order valence-corrected chi connectivity index (χ1v) is 13.8. The molecule has 0 unspecified atom stereocenters. The highest BCUT2D eigenvalue weighted by Gasteiger charge is 2.32. The molecule has 3 aliphatic rings. The number of ether oxygens (including phenoxy) is 3. The Labute approximate surface area is 232 Å². The number of ketones is 1. The van der Waals surface area contributed by atoms with Gasteiger partial charge in [0.2, 0.25) is 12.6 Å². The number of phenols is 1. The first-order valence-electron chi connectivity index (χ1n) is 13.8. The van der Waals surface area contributed by atoms with E-state index in [1.807, 2.05) is 24.3 Å². The average Bonchev–Trinajstić information content (AvgIpc) is 3.67. The Balaban J connectivity index is 1.06. The van der Waals surface area contributed by atoms with Crippen molar-refractivity contribution in [1.29, 1.82) is 0 Å². The maximum Gasteiger partial charge on any atom is 0.231 e. The molecule has 1 aromatic heterocycles. The van der Waals surface area contributed by atoms with Crippen LogP contribution in [0.4, 0.5) is 0 Å². The van der Waals surface area contributed by atoms with E-state index in [0.29, 0.717) is 23.4 Å². The number of rotatable bonds is 6. The Kier molecular flexibility index (Phi) is 6.21. The summed E-state index contributed by atoms with van der Waals surface area (Å²) >= 11 is 0. The maximum absolute atomic E-state index is 13.3. The van der Waals surface area contributed by atoms with Crippen LogP contribution in [-0.4, -0.2) is 58.2 Å². The third-order valence-electron chi connectivity index (χ3n) is 8.05. The third-order valence-corrected chi connectivity index (χ3v) is 8.05. The highest BCUT2D eigenvalue weighted by Crippen LogP contribution is 2.41. The van der Waals surface area contributed by atoms with E-state index in [2.05, 4.69) is 51.8 Å². The minimum absolute atomic E-state index is 0.151. The Morgan fingerprint density at radius 3 is 2.52 bits per heavy atom. The number of carbonyl (C=O) groups excluding carboxylic acids is 1. The van der Waals surface area contributed by atoms with Crippen molar-refractivity contribution in [3.05, 3.63) is 88.8 Å². The molecule has 4 aromatic rings. The molecule has 1 N–H and O–H groups in total. The topological polar surface area (TPSA) is 76.4 Å². The zero-order chi connectivity index (χ0) is 27.2. The predicted octanol–water partition coefficient (Wildman–Crippen LogP) is 5.03. The van der Waals surface area contributed by atoms with Crippen molar-refractivity contribution >= 4 is 22.8 Å². The molecule has 0 amide bonds. The molecule has 0 radical (unpaired) electrons. The van der Waals surface area contributed by atoms with Crippen molar-refractivity contribution < 1.29 is 24.1 Å². The molecule has 0 atom stereocenters. The SMILES string of the molecule is CCn1cc(/C=C2/Oc3c(ccc(O)c3CN3CCN(Cc4ccc5c(c4)OCO5)CC3)C2=O)c2ccccc21. The number of aromatic hydroxyl groups is 1. The second-order valence-electron chi connectivity index (χ2n) is 10.5. The molecule has 0 aliphatic carbocycles. The highest BCUT2D eigenvalue weighted by molar-refractivity contribution is 6.15. The first-order chi connectivity index (χ1) is 19.6. The van der Waals surface area contributed by atoms with Gasteiger partial charge >= 0.3 is 0 Å². The zero-order valence-corrected chi connectivity index (χ0v) is 22.4. The number of Topliss-reactive ketones (excluding diaryl/α,β-unsaturated/α-hetero) is 1. The number of para-hydroxylation sites is 1. The van der Waals surface area contributed by atoms with Crippen LogP contribution in [0.15, 0.2) is 66.6 Å². The molecule has 8 heteroatoms. The summed E-state index contributed by atoms with van der Waals surface area (Å²) in [4.78, 5) is 18.1. The largest absolute Gasteiger partial charge is 0.507 e. The summed E-state index contributed by atoms with van der Waals surface area (Å²) in [5.41, 5.74) is 4.42. The van der Waals surface area contributed by atoms with Gasteiger partial charge in [-0.3, -0.25) is 14.6 Å². The van der Waals surface area contributed by atoms with E-state index < -0.39 is 0 Å². The number of carbonyl (C=O) groups is 1. The Morgan fingerprint density at radius 2 is 1.70 bits per heavy atom. The monoisotopic (exact) mass is 537 g/mol. The summed E-state index contributed by atoms with van der Waals surface area (Å²) in [6.07, 6.45) is 3.88. The summed E-state index contributed by atoms with van der Waals surface area (Å²) in [7, 11) is 0. The van der Waals surface area contributed by atoms with E-state index in [0.717, 1.165) is 67.2 Å². The van der Waals surface area contributed by atoms with Crippen molar-refractivity contribution in [3.8, 4) is 23.0 Å². The Morgan fingerprint density at radius 1 is 0.925 bits per heavy atom. The minimum Gasteiger partial charge on any atom is -0.507 e. The van der Waals surface area contributed by atoms with Crippen LogP contribution >= 0.6 is 0 Å². The number of nitrogens with zero attached hydrogens (tertiary/aromatic N) is 3. The van der Waals surface area contributed by atoms with Crippen molar-refractivity contribution in [1.82, 2.24) is 14.4 Å². The van der Waals surface area contributed by atoms with Gasteiger partial charge in [0, 0.05) is 68.5 Å². The number of hydrogen-bond acceptors (Lipinski definition) is 7. The van der Waals surface area contributed by atoms with Crippen molar-refractivity contribution in [3.63, 3.8) is 0 Å². The summed E-state index contributed by atoms with van der Waals surface area (Å²) in [5, 5.41) is 11.9. The normalized spacial score (nSPS) is 18.0. The fourth-order valence-corrected chi connectivity index (χ4v) is 5.87. The average molecular weight is 538 g/mol. The lowest BCUT2D eigenvalue weighted by molar-refractivity contribution is 0.101. The molecular weight excluding hydrogens is 506 g/mol. The van der Waals surface area contributed by atoms with E-state index in [-0.39, 0.29) is 24.1 Å². The summed E-state index contributed by atoms with van der Waals surface area (Å²) in [6, 6.07) is 17.5. The Hall–Kier alpha value is -4.27. The van der Waals surface area contributed by atoms with E-state index in [4.69, 9.17) is 14.2 Å². The van der Waals surface area contributed by atoms with E-state index in [9.17, 15) is 9.90 Å². The lowest BCUT2D eigenvalue weighted by atomic mass is 10.0. The minimum atomic E-state index is -0.155. The zero-order valence-electron chi connectivity index (χ0n) is 22.4. The maximum atomic E-state index is 13.3. The number of piperazine rings is 1. The molecule has 0 spiro atoms. The second-order valence-corrected chi connectivity index (χ2v) is 10.5. The van der Waals surface area contributed by atoms with Crippen LogP contribution < -0.4 is 14.2 Å². The van der Waals surface area contributed by atoms with Crippen LogP contribution in [-0.2, 0) is 19.6 Å². The smallest absolute Gasteiger partial charge is 0.231 e. The van der Waals surface area contributed by atoms with Crippen LogP contribution in [0.25, 0.3) is 17.0 Å². The van der Waals surface area contributed by atoms with Gasteiger partial charge in [0.15, 0.2) is 17.3 Å². The van der Waals surface area contributed by atoms with E-state index in [1.165, 1.54) is 5.56 Å². The highest BCUT2D eigenvalue weighted by atomic mass is 16.7. The number of benzene rings is 3. The van der Waals surface area contributed by atoms with Crippen molar-refractivity contribution in [2.45, 2.75) is 26.6 Å². The third kappa shape index (κ3) is 4.39. The van der Waals surface area contributed by atoms with Gasteiger partial charge in [-0.25, -0.2) is 0 Å². The van der Waals surface area contributed by atoms with Gasteiger partial charge in [0.1, 0.15) is 11.5 Å². The number of hydrogen-bond donors (Lipinski definition) is 1. The van der Waals surface area contributed by atoms with Gasteiger partial charge in [0.05, 0.1) is 11.1 Å². The molecule has 7 rings (SSSR count). The molecule has 0 saturated carbocycles. The number of fused-ring (bicyclic) bond motifs is 3. The van der Waals surface area contributed by atoms with Gasteiger partial charge in [-0.15, -0.1) is 0 Å². The molecule has 8 nitrogen and oxygen atoms in total. The molecular formula is C32H31N3O5.